The summed E-state index contributed by atoms with van der Waals surface area (Å²) >= 11 is 0. The Kier molecular flexibility index (Phi) is 17.4. The van der Waals surface area contributed by atoms with Gasteiger partial charge in [-0.1, -0.05) is 73.6 Å². The summed E-state index contributed by atoms with van der Waals surface area (Å²) in [5, 5.41) is 18.0. The van der Waals surface area contributed by atoms with E-state index in [2.05, 4.69) is 41.5 Å². The van der Waals surface area contributed by atoms with E-state index in [9.17, 15) is 0 Å². The number of rotatable bonds is 11. The molecule has 0 saturated heterocycles. The molecule has 2 heteroatoms. The van der Waals surface area contributed by atoms with E-state index in [0.717, 1.165) is 12.8 Å². The first-order valence-corrected chi connectivity index (χ1v) is 9.56. The molecule has 136 valence electrons. The number of unbranched alkanes of at least 4 members (excludes halogenated alkanes) is 2. The lowest BCUT2D eigenvalue weighted by atomic mass is 9.83. The van der Waals surface area contributed by atoms with E-state index in [1.165, 1.54) is 44.9 Å². The van der Waals surface area contributed by atoms with Crippen molar-refractivity contribution < 1.29 is 10.2 Å². The molecule has 2 nitrogen and oxygen atoms in total. The van der Waals surface area contributed by atoms with Crippen LogP contribution in [-0.4, -0.2) is 23.4 Å². The first-order chi connectivity index (χ1) is 10.3. The summed E-state index contributed by atoms with van der Waals surface area (Å²) in [7, 11) is 0. The molecule has 0 fully saturated rings. The van der Waals surface area contributed by atoms with Crippen LogP contribution in [0.5, 0.6) is 0 Å². The van der Waals surface area contributed by atoms with Gasteiger partial charge in [-0.3, -0.25) is 0 Å². The van der Waals surface area contributed by atoms with Gasteiger partial charge < -0.3 is 10.2 Å². The molecule has 0 radical (unpaired) electrons. The average molecular weight is 317 g/mol. The maximum Gasteiger partial charge on any atom is 0.0459 e. The van der Waals surface area contributed by atoms with E-state index in [1.807, 2.05) is 0 Å². The smallest absolute Gasteiger partial charge is 0.0459 e. The molecular formula is C20H44O2. The summed E-state index contributed by atoms with van der Waals surface area (Å²) in [6.07, 6.45) is 11.0. The number of hydrogen-bond acceptors (Lipinski definition) is 2. The monoisotopic (exact) mass is 316 g/mol. The molecule has 0 rings (SSSR count). The van der Waals surface area contributed by atoms with Gasteiger partial charge in [0.2, 0.25) is 0 Å². The second-order valence-corrected chi connectivity index (χ2v) is 7.94. The molecule has 0 saturated carbocycles. The van der Waals surface area contributed by atoms with Crippen LogP contribution >= 0.6 is 0 Å². The van der Waals surface area contributed by atoms with Crippen LogP contribution < -0.4 is 0 Å². The minimum Gasteiger partial charge on any atom is -0.396 e. The summed E-state index contributed by atoms with van der Waals surface area (Å²) in [6.45, 7) is 14.0. The van der Waals surface area contributed by atoms with Crippen molar-refractivity contribution in [1.29, 1.82) is 0 Å². The third kappa shape index (κ3) is 18.0. The first kappa shape index (κ1) is 24.2. The van der Waals surface area contributed by atoms with Crippen molar-refractivity contribution in [2.24, 2.45) is 17.3 Å². The van der Waals surface area contributed by atoms with Gasteiger partial charge in [-0.15, -0.1) is 0 Å². The van der Waals surface area contributed by atoms with Gasteiger partial charge in [0.15, 0.2) is 0 Å². The number of aliphatic hydroxyl groups is 2. The number of hydrogen-bond donors (Lipinski definition) is 2. The topological polar surface area (TPSA) is 40.5 Å². The lowest BCUT2D eigenvalue weighted by molar-refractivity contribution is 0.170. The zero-order chi connectivity index (χ0) is 17.4. The highest BCUT2D eigenvalue weighted by atomic mass is 16.3. The molecule has 2 N–H and O–H groups in total. The standard InChI is InChI=1S/2C10H22O/c1-5-6-9(8-11)7-10(2,3)4;1-3-5-6-8-10(9-11)7-4-2/h9,11H,5-8H2,1-4H3;10-11H,3-9H2,1-2H3. The van der Waals surface area contributed by atoms with Crippen molar-refractivity contribution in [1.82, 2.24) is 0 Å². The van der Waals surface area contributed by atoms with Crippen LogP contribution in [0.4, 0.5) is 0 Å². The predicted molar refractivity (Wildman–Crippen MR) is 99.2 cm³/mol. The van der Waals surface area contributed by atoms with Crippen LogP contribution in [0.15, 0.2) is 0 Å². The quantitative estimate of drug-likeness (QED) is 0.472. The third-order valence-corrected chi connectivity index (χ3v) is 4.03. The minimum absolute atomic E-state index is 0.352. The fourth-order valence-corrected chi connectivity index (χ4v) is 2.95. The fourth-order valence-electron chi connectivity index (χ4n) is 2.95. The van der Waals surface area contributed by atoms with Gasteiger partial charge in [-0.25, -0.2) is 0 Å². The summed E-state index contributed by atoms with van der Waals surface area (Å²) in [5.74, 6) is 1.09. The number of aliphatic hydroxyl groups excluding tert-OH is 2. The Labute approximate surface area is 140 Å². The lowest BCUT2D eigenvalue weighted by Crippen LogP contribution is -2.16. The molecule has 0 aromatic carbocycles. The zero-order valence-corrected chi connectivity index (χ0v) is 16.3. The van der Waals surface area contributed by atoms with Crippen molar-refractivity contribution >= 4 is 0 Å². The molecule has 0 aliphatic rings. The highest BCUT2D eigenvalue weighted by Gasteiger charge is 2.16. The molecule has 0 bridgehead atoms. The molecule has 0 spiro atoms. The summed E-state index contributed by atoms with van der Waals surface area (Å²) < 4.78 is 0. The van der Waals surface area contributed by atoms with Crippen LogP contribution in [0, 0.1) is 17.3 Å². The Hall–Kier alpha value is -0.0800. The van der Waals surface area contributed by atoms with Gasteiger partial charge in [0.1, 0.15) is 0 Å². The Bertz CT molecular complexity index is 208. The normalized spacial score (nSPS) is 14.2. The predicted octanol–water partition coefficient (Wildman–Crippen LogP) is 5.81. The molecule has 2 atom stereocenters. The van der Waals surface area contributed by atoms with Crippen molar-refractivity contribution in [3.05, 3.63) is 0 Å². The molecule has 22 heavy (non-hydrogen) atoms. The van der Waals surface area contributed by atoms with Gasteiger partial charge >= 0.3 is 0 Å². The fraction of sp³-hybridized carbons (Fsp3) is 1.00. The van der Waals surface area contributed by atoms with Gasteiger partial charge in [-0.2, -0.15) is 0 Å². The third-order valence-electron chi connectivity index (χ3n) is 4.03. The van der Waals surface area contributed by atoms with Crippen LogP contribution in [0.2, 0.25) is 0 Å². The van der Waals surface area contributed by atoms with Crippen LogP contribution in [-0.2, 0) is 0 Å². The van der Waals surface area contributed by atoms with Crippen LogP contribution in [0.3, 0.4) is 0 Å². The molecule has 2 unspecified atom stereocenters. The van der Waals surface area contributed by atoms with Crippen molar-refractivity contribution in [2.45, 2.75) is 99.3 Å². The summed E-state index contributed by atoms with van der Waals surface area (Å²) in [4.78, 5) is 0. The largest absolute Gasteiger partial charge is 0.396 e. The van der Waals surface area contributed by atoms with Gasteiger partial charge in [-0.05, 0) is 42.9 Å². The zero-order valence-electron chi connectivity index (χ0n) is 16.3. The van der Waals surface area contributed by atoms with Crippen LogP contribution in [0.1, 0.15) is 99.3 Å². The van der Waals surface area contributed by atoms with E-state index < -0.39 is 0 Å². The highest BCUT2D eigenvalue weighted by molar-refractivity contribution is 4.68. The Morgan fingerprint density at radius 2 is 1.18 bits per heavy atom. The first-order valence-electron chi connectivity index (χ1n) is 9.56. The van der Waals surface area contributed by atoms with Crippen molar-refractivity contribution in [2.75, 3.05) is 13.2 Å². The SMILES string of the molecule is CCCC(CO)CC(C)(C)C.CCCCCC(CO)CCC. The van der Waals surface area contributed by atoms with E-state index in [1.54, 1.807) is 0 Å². The minimum atomic E-state index is 0.352. The van der Waals surface area contributed by atoms with Crippen LogP contribution in [0.25, 0.3) is 0 Å². The summed E-state index contributed by atoms with van der Waals surface area (Å²) in [5.41, 5.74) is 0.364. The Balaban J connectivity index is 0. The Morgan fingerprint density at radius 1 is 0.682 bits per heavy atom. The van der Waals surface area contributed by atoms with E-state index in [4.69, 9.17) is 10.2 Å². The Morgan fingerprint density at radius 3 is 1.55 bits per heavy atom. The summed E-state index contributed by atoms with van der Waals surface area (Å²) in [6, 6.07) is 0. The van der Waals surface area contributed by atoms with Gasteiger partial charge in [0, 0.05) is 13.2 Å². The van der Waals surface area contributed by atoms with Gasteiger partial charge in [0.05, 0.1) is 0 Å². The second kappa shape index (κ2) is 15.8. The van der Waals surface area contributed by atoms with Crippen molar-refractivity contribution in [3.63, 3.8) is 0 Å². The highest BCUT2D eigenvalue weighted by Crippen LogP contribution is 2.26. The average Bonchev–Trinajstić information content (AvgIpc) is 2.45. The van der Waals surface area contributed by atoms with E-state index in [-0.39, 0.29) is 0 Å². The van der Waals surface area contributed by atoms with Gasteiger partial charge in [0.25, 0.3) is 0 Å². The molecule has 0 heterocycles. The molecule has 0 aliphatic heterocycles. The molecular weight excluding hydrogens is 272 g/mol. The molecule has 0 aliphatic carbocycles. The van der Waals surface area contributed by atoms with E-state index in [0.29, 0.717) is 30.5 Å². The van der Waals surface area contributed by atoms with Crippen molar-refractivity contribution in [3.8, 4) is 0 Å². The maximum absolute atomic E-state index is 9.02. The lowest BCUT2D eigenvalue weighted by Gasteiger charge is -2.24. The maximum atomic E-state index is 9.02. The van der Waals surface area contributed by atoms with E-state index >= 15 is 0 Å². The molecule has 0 aromatic rings. The second-order valence-electron chi connectivity index (χ2n) is 7.94. The molecule has 0 aromatic heterocycles. The molecule has 0 amide bonds.